The van der Waals surface area contributed by atoms with Crippen LogP contribution in [0, 0.1) is 0 Å². The topological polar surface area (TPSA) is 12.4 Å². The van der Waals surface area contributed by atoms with Gasteiger partial charge in [-0.15, -0.1) is 0 Å². The van der Waals surface area contributed by atoms with Gasteiger partial charge in [-0.05, 0) is 12.5 Å². The first-order chi connectivity index (χ1) is 5.93. The summed E-state index contributed by atoms with van der Waals surface area (Å²) in [5.41, 5.74) is 1.30. The minimum atomic E-state index is 0.908. The van der Waals surface area contributed by atoms with Crippen LogP contribution in [0.1, 0.15) is 12.5 Å². The molecule has 0 heterocycles. The minimum Gasteiger partial charge on any atom is -0.269 e. The lowest BCUT2D eigenvalue weighted by atomic mass is 10.2. The molecule has 0 amide bonds. The first-order valence-electron chi connectivity index (χ1n) is 4.10. The van der Waals surface area contributed by atoms with Gasteiger partial charge in [-0.2, -0.15) is 0 Å². The highest BCUT2D eigenvalue weighted by Gasteiger charge is 1.84. The Hall–Kier alpha value is -1.37. The van der Waals surface area contributed by atoms with Crippen LogP contribution >= 0.6 is 0 Å². The van der Waals surface area contributed by atoms with Crippen molar-refractivity contribution in [2.75, 3.05) is 0 Å². The average Bonchev–Trinajstić information content (AvgIpc) is 2.14. The number of allylic oxidation sites excluding steroid dienone is 1. The summed E-state index contributed by atoms with van der Waals surface area (Å²) < 4.78 is 0. The maximum absolute atomic E-state index is 4.08. The quantitative estimate of drug-likeness (QED) is 0.601. The van der Waals surface area contributed by atoms with E-state index in [-0.39, 0.29) is 0 Å². The van der Waals surface area contributed by atoms with Crippen LogP contribution in [0.25, 0.3) is 0 Å². The van der Waals surface area contributed by atoms with Crippen molar-refractivity contribution < 1.29 is 0 Å². The lowest BCUT2D eigenvalue weighted by Gasteiger charge is -1.91. The lowest BCUT2D eigenvalue weighted by molar-refractivity contribution is 1.34. The molecule has 1 aromatic rings. The number of benzene rings is 1. The van der Waals surface area contributed by atoms with Gasteiger partial charge in [0.2, 0.25) is 0 Å². The van der Waals surface area contributed by atoms with Crippen molar-refractivity contribution in [3.8, 4) is 0 Å². The van der Waals surface area contributed by atoms with E-state index in [9.17, 15) is 0 Å². The minimum absolute atomic E-state index is 0.908. The van der Waals surface area contributed by atoms with Crippen LogP contribution in [0.2, 0.25) is 0 Å². The molecule has 0 N–H and O–H groups in total. The van der Waals surface area contributed by atoms with Gasteiger partial charge >= 0.3 is 0 Å². The number of hydrogen-bond acceptors (Lipinski definition) is 1. The molecule has 0 bridgehead atoms. The fourth-order valence-corrected chi connectivity index (χ4v) is 0.919. The Labute approximate surface area is 73.5 Å². The van der Waals surface area contributed by atoms with Crippen LogP contribution < -0.4 is 0 Å². The van der Waals surface area contributed by atoms with E-state index in [1.165, 1.54) is 5.56 Å². The monoisotopic (exact) mass is 159 g/mol. The standard InChI is InChI=1S/C11H13N/c1-2-9-12-10-8-11-6-4-3-5-7-11/h2-7,9-10H,8H2,1H3/b9-2-,12-10?. The fourth-order valence-electron chi connectivity index (χ4n) is 0.919. The number of rotatable bonds is 3. The van der Waals surface area contributed by atoms with Gasteiger partial charge in [-0.1, -0.05) is 36.4 Å². The van der Waals surface area contributed by atoms with E-state index in [0.717, 1.165) is 6.42 Å². The number of aliphatic imine (C=N–C) groups is 1. The summed E-state index contributed by atoms with van der Waals surface area (Å²) in [6.45, 7) is 1.96. The van der Waals surface area contributed by atoms with E-state index < -0.39 is 0 Å². The predicted octanol–water partition coefficient (Wildman–Crippen LogP) is 2.83. The van der Waals surface area contributed by atoms with Gasteiger partial charge in [0.15, 0.2) is 0 Å². The van der Waals surface area contributed by atoms with Crippen molar-refractivity contribution in [3.63, 3.8) is 0 Å². The Morgan fingerprint density at radius 1 is 1.25 bits per heavy atom. The molecule has 0 saturated heterocycles. The summed E-state index contributed by atoms with van der Waals surface area (Å²) in [4.78, 5) is 4.08. The zero-order valence-electron chi connectivity index (χ0n) is 7.27. The molecule has 1 nitrogen and oxygen atoms in total. The Morgan fingerprint density at radius 3 is 2.67 bits per heavy atom. The third-order valence-electron chi connectivity index (χ3n) is 1.51. The van der Waals surface area contributed by atoms with Crippen molar-refractivity contribution >= 4 is 6.21 Å². The Balaban J connectivity index is 2.43. The van der Waals surface area contributed by atoms with Crippen LogP contribution in [-0.4, -0.2) is 6.21 Å². The molecule has 0 radical (unpaired) electrons. The van der Waals surface area contributed by atoms with E-state index in [2.05, 4.69) is 17.1 Å². The van der Waals surface area contributed by atoms with Crippen LogP contribution in [0.3, 0.4) is 0 Å². The molecule has 62 valence electrons. The van der Waals surface area contributed by atoms with Gasteiger partial charge in [-0.3, -0.25) is 4.99 Å². The van der Waals surface area contributed by atoms with Crippen molar-refractivity contribution in [1.29, 1.82) is 0 Å². The van der Waals surface area contributed by atoms with Gasteiger partial charge in [0.05, 0.1) is 0 Å². The van der Waals surface area contributed by atoms with E-state index in [1.807, 2.05) is 37.4 Å². The van der Waals surface area contributed by atoms with Crippen LogP contribution in [-0.2, 0) is 6.42 Å². The summed E-state index contributed by atoms with van der Waals surface area (Å²) in [7, 11) is 0. The van der Waals surface area contributed by atoms with Gasteiger partial charge in [0.25, 0.3) is 0 Å². The summed E-state index contributed by atoms with van der Waals surface area (Å²) in [5.74, 6) is 0. The Bertz CT molecular complexity index is 260. The summed E-state index contributed by atoms with van der Waals surface area (Å²) in [6, 6.07) is 10.3. The SMILES string of the molecule is C/C=C\N=CCc1ccccc1. The molecule has 1 aromatic carbocycles. The maximum atomic E-state index is 4.08. The molecule has 0 unspecified atom stereocenters. The molecular formula is C11H13N. The van der Waals surface area contributed by atoms with E-state index in [4.69, 9.17) is 0 Å². The predicted molar refractivity (Wildman–Crippen MR) is 53.5 cm³/mol. The molecular weight excluding hydrogens is 146 g/mol. The highest BCUT2D eigenvalue weighted by Crippen LogP contribution is 1.97. The van der Waals surface area contributed by atoms with E-state index in [1.54, 1.807) is 6.20 Å². The van der Waals surface area contributed by atoms with Gasteiger partial charge in [0, 0.05) is 18.8 Å². The fraction of sp³-hybridized carbons (Fsp3) is 0.182. The molecule has 0 aliphatic carbocycles. The number of hydrogen-bond donors (Lipinski definition) is 0. The van der Waals surface area contributed by atoms with E-state index in [0.29, 0.717) is 0 Å². The molecule has 1 heteroatoms. The molecule has 0 aromatic heterocycles. The smallest absolute Gasteiger partial charge is 0.0221 e. The van der Waals surface area contributed by atoms with Gasteiger partial charge in [-0.25, -0.2) is 0 Å². The molecule has 0 fully saturated rings. The largest absolute Gasteiger partial charge is 0.269 e. The van der Waals surface area contributed by atoms with Crippen molar-refractivity contribution in [2.24, 2.45) is 4.99 Å². The zero-order valence-corrected chi connectivity index (χ0v) is 7.27. The third-order valence-corrected chi connectivity index (χ3v) is 1.51. The molecule has 0 atom stereocenters. The van der Waals surface area contributed by atoms with E-state index >= 15 is 0 Å². The lowest BCUT2D eigenvalue weighted by Crippen LogP contribution is -1.83. The maximum Gasteiger partial charge on any atom is 0.0221 e. The molecule has 0 aliphatic heterocycles. The summed E-state index contributed by atoms with van der Waals surface area (Å²) in [6.07, 6.45) is 6.53. The molecule has 0 saturated carbocycles. The van der Waals surface area contributed by atoms with Crippen molar-refractivity contribution in [1.82, 2.24) is 0 Å². The second-order valence-electron chi connectivity index (χ2n) is 2.50. The highest BCUT2D eigenvalue weighted by molar-refractivity contribution is 5.62. The summed E-state index contributed by atoms with van der Waals surface area (Å²) >= 11 is 0. The Morgan fingerprint density at radius 2 is 2.00 bits per heavy atom. The van der Waals surface area contributed by atoms with Gasteiger partial charge < -0.3 is 0 Å². The zero-order chi connectivity index (χ0) is 8.65. The molecule has 1 rings (SSSR count). The third kappa shape index (κ3) is 3.15. The second kappa shape index (κ2) is 5.30. The van der Waals surface area contributed by atoms with Crippen LogP contribution in [0.5, 0.6) is 0 Å². The highest BCUT2D eigenvalue weighted by atomic mass is 14.7. The van der Waals surface area contributed by atoms with Crippen molar-refractivity contribution in [2.45, 2.75) is 13.3 Å². The summed E-state index contributed by atoms with van der Waals surface area (Å²) in [5, 5.41) is 0. The van der Waals surface area contributed by atoms with Crippen LogP contribution in [0.15, 0.2) is 47.6 Å². The first kappa shape index (κ1) is 8.72. The van der Waals surface area contributed by atoms with Crippen LogP contribution in [0.4, 0.5) is 0 Å². The second-order valence-corrected chi connectivity index (χ2v) is 2.50. The molecule has 0 spiro atoms. The van der Waals surface area contributed by atoms with Crippen molar-refractivity contribution in [3.05, 3.63) is 48.2 Å². The first-order valence-corrected chi connectivity index (χ1v) is 4.10. The molecule has 12 heavy (non-hydrogen) atoms. The average molecular weight is 159 g/mol. The Kier molecular flexibility index (Phi) is 3.86. The number of nitrogens with zero attached hydrogens (tertiary/aromatic N) is 1. The molecule has 0 aliphatic rings. The normalized spacial score (nSPS) is 11.4. The van der Waals surface area contributed by atoms with Gasteiger partial charge in [0.1, 0.15) is 0 Å².